The molecule has 0 unspecified atom stereocenters. The lowest BCUT2D eigenvalue weighted by molar-refractivity contribution is 0.284. The van der Waals surface area contributed by atoms with E-state index in [0.717, 1.165) is 25.9 Å². The van der Waals surface area contributed by atoms with Crippen molar-refractivity contribution in [1.82, 2.24) is 5.01 Å². The van der Waals surface area contributed by atoms with Gasteiger partial charge in [-0.15, -0.1) is 24.8 Å². The van der Waals surface area contributed by atoms with Gasteiger partial charge in [-0.1, -0.05) is 13.8 Å². The average molecular weight is 189 g/mol. The van der Waals surface area contributed by atoms with Crippen LogP contribution in [-0.4, -0.2) is 18.1 Å². The summed E-state index contributed by atoms with van der Waals surface area (Å²) in [6.45, 7) is 6.31. The van der Waals surface area contributed by atoms with Crippen molar-refractivity contribution in [1.29, 1.82) is 0 Å². The Labute approximate surface area is 75.9 Å². The highest BCUT2D eigenvalue weighted by Crippen LogP contribution is 1.83. The maximum absolute atomic E-state index is 5.53. The minimum atomic E-state index is 0. The van der Waals surface area contributed by atoms with Crippen LogP contribution in [0.3, 0.4) is 0 Å². The molecule has 2 N–H and O–H groups in total. The zero-order valence-electron chi connectivity index (χ0n) is 6.67. The molecule has 0 rings (SSSR count). The fourth-order valence-corrected chi connectivity index (χ4v) is 0.686. The lowest BCUT2D eigenvalue weighted by Crippen LogP contribution is -2.32. The Balaban J connectivity index is -0.000000245. The van der Waals surface area contributed by atoms with Crippen molar-refractivity contribution in [3.8, 4) is 0 Å². The van der Waals surface area contributed by atoms with Crippen molar-refractivity contribution >= 4 is 24.8 Å². The third kappa shape index (κ3) is 11.3. The molecule has 0 aliphatic rings. The number of nitrogens with two attached hydrogens (primary N) is 1. The highest BCUT2D eigenvalue weighted by Gasteiger charge is 1.90. The molecule has 66 valence electrons. The normalized spacial score (nSPS) is 8.40. The van der Waals surface area contributed by atoms with Crippen LogP contribution in [0.25, 0.3) is 0 Å². The Morgan fingerprint density at radius 2 is 1.30 bits per heavy atom. The Kier molecular flexibility index (Phi) is 20.6. The Morgan fingerprint density at radius 1 is 1.00 bits per heavy atom. The largest absolute Gasteiger partial charge is 0.269 e. The second-order valence-electron chi connectivity index (χ2n) is 2.04. The van der Waals surface area contributed by atoms with Gasteiger partial charge >= 0.3 is 0 Å². The Hall–Kier alpha value is 0.500. The molecule has 0 saturated carbocycles. The molecule has 0 aromatic heterocycles. The zero-order valence-corrected chi connectivity index (χ0v) is 8.30. The third-order valence-corrected chi connectivity index (χ3v) is 1.02. The van der Waals surface area contributed by atoms with E-state index >= 15 is 0 Å². The monoisotopic (exact) mass is 188 g/mol. The summed E-state index contributed by atoms with van der Waals surface area (Å²) in [6, 6.07) is 0. The molecule has 0 aliphatic carbocycles. The van der Waals surface area contributed by atoms with E-state index in [-0.39, 0.29) is 24.8 Å². The highest BCUT2D eigenvalue weighted by molar-refractivity contribution is 5.85. The van der Waals surface area contributed by atoms with Gasteiger partial charge in [-0.2, -0.15) is 0 Å². The second-order valence-corrected chi connectivity index (χ2v) is 2.04. The third-order valence-electron chi connectivity index (χ3n) is 1.02. The van der Waals surface area contributed by atoms with Crippen molar-refractivity contribution in [3.05, 3.63) is 0 Å². The molecule has 0 radical (unpaired) electrons. The quantitative estimate of drug-likeness (QED) is 0.540. The highest BCUT2D eigenvalue weighted by atomic mass is 35.5. The first kappa shape index (κ1) is 16.8. The summed E-state index contributed by atoms with van der Waals surface area (Å²) >= 11 is 0. The number of rotatable bonds is 4. The smallest absolute Gasteiger partial charge is 0.0125 e. The lowest BCUT2D eigenvalue weighted by atomic mass is 10.4. The van der Waals surface area contributed by atoms with Gasteiger partial charge < -0.3 is 0 Å². The van der Waals surface area contributed by atoms with Crippen LogP contribution in [0.5, 0.6) is 0 Å². The number of hydrogen-bond acceptors (Lipinski definition) is 2. The molecular weight excluding hydrogens is 171 g/mol. The van der Waals surface area contributed by atoms with E-state index in [4.69, 9.17) is 5.84 Å². The second kappa shape index (κ2) is 12.2. The minimum absolute atomic E-state index is 0. The topological polar surface area (TPSA) is 29.3 Å². The molecular formula is C6H18Cl2N2. The van der Waals surface area contributed by atoms with Gasteiger partial charge in [0, 0.05) is 13.1 Å². The summed E-state index contributed by atoms with van der Waals surface area (Å²) < 4.78 is 0. The molecule has 0 aromatic rings. The van der Waals surface area contributed by atoms with Crippen LogP contribution in [0.15, 0.2) is 0 Å². The molecule has 0 aromatic carbocycles. The van der Waals surface area contributed by atoms with E-state index in [2.05, 4.69) is 13.8 Å². The summed E-state index contributed by atoms with van der Waals surface area (Å²) in [5.74, 6) is 5.53. The summed E-state index contributed by atoms with van der Waals surface area (Å²) in [5.41, 5.74) is 0. The average Bonchev–Trinajstić information content (AvgIpc) is 1.68. The van der Waals surface area contributed by atoms with E-state index in [1.807, 2.05) is 5.01 Å². The van der Waals surface area contributed by atoms with Gasteiger partial charge in [0.2, 0.25) is 0 Å². The van der Waals surface area contributed by atoms with Crippen LogP contribution in [0.1, 0.15) is 26.7 Å². The number of hydrogen-bond donors (Lipinski definition) is 1. The SMILES string of the molecule is CCCN(N)CCC.Cl.Cl. The molecule has 0 aliphatic heterocycles. The molecule has 10 heavy (non-hydrogen) atoms. The first-order valence-electron chi connectivity index (χ1n) is 3.30. The number of nitrogens with zero attached hydrogens (tertiary/aromatic N) is 1. The minimum Gasteiger partial charge on any atom is -0.269 e. The van der Waals surface area contributed by atoms with Gasteiger partial charge in [-0.05, 0) is 12.8 Å². The van der Waals surface area contributed by atoms with Crippen molar-refractivity contribution in [2.45, 2.75) is 26.7 Å². The van der Waals surface area contributed by atoms with Gasteiger partial charge in [0.1, 0.15) is 0 Å². The van der Waals surface area contributed by atoms with Crippen LogP contribution in [0.4, 0.5) is 0 Å². The van der Waals surface area contributed by atoms with Gasteiger partial charge in [0.15, 0.2) is 0 Å². The predicted molar refractivity (Wildman–Crippen MR) is 50.8 cm³/mol. The first-order chi connectivity index (χ1) is 3.81. The van der Waals surface area contributed by atoms with Crippen LogP contribution in [0, 0.1) is 0 Å². The molecule has 0 saturated heterocycles. The zero-order chi connectivity index (χ0) is 6.41. The van der Waals surface area contributed by atoms with E-state index < -0.39 is 0 Å². The molecule has 0 heterocycles. The molecule has 0 amide bonds. The summed E-state index contributed by atoms with van der Waals surface area (Å²) in [4.78, 5) is 0. The predicted octanol–water partition coefficient (Wildman–Crippen LogP) is 1.83. The van der Waals surface area contributed by atoms with Crippen molar-refractivity contribution in [2.24, 2.45) is 5.84 Å². The summed E-state index contributed by atoms with van der Waals surface area (Å²) in [5, 5.41) is 1.86. The van der Waals surface area contributed by atoms with E-state index in [9.17, 15) is 0 Å². The molecule has 0 fully saturated rings. The number of halogens is 2. The Bertz CT molecular complexity index is 47.0. The van der Waals surface area contributed by atoms with Crippen LogP contribution < -0.4 is 5.84 Å². The van der Waals surface area contributed by atoms with Gasteiger partial charge in [0.05, 0.1) is 0 Å². The van der Waals surface area contributed by atoms with E-state index in [1.165, 1.54) is 0 Å². The standard InChI is InChI=1S/C6H16N2.2ClH/c1-3-5-8(7)6-4-2;;/h3-7H2,1-2H3;2*1H. The summed E-state index contributed by atoms with van der Waals surface area (Å²) in [7, 11) is 0. The maximum Gasteiger partial charge on any atom is 0.0125 e. The van der Waals surface area contributed by atoms with Crippen molar-refractivity contribution < 1.29 is 0 Å². The molecule has 2 nitrogen and oxygen atoms in total. The van der Waals surface area contributed by atoms with Crippen LogP contribution in [0.2, 0.25) is 0 Å². The maximum atomic E-state index is 5.53. The Morgan fingerprint density at radius 3 is 1.50 bits per heavy atom. The van der Waals surface area contributed by atoms with Crippen LogP contribution >= 0.6 is 24.8 Å². The summed E-state index contributed by atoms with van der Waals surface area (Å²) in [6.07, 6.45) is 2.30. The van der Waals surface area contributed by atoms with E-state index in [1.54, 1.807) is 0 Å². The molecule has 0 spiro atoms. The van der Waals surface area contributed by atoms with E-state index in [0.29, 0.717) is 0 Å². The fraction of sp³-hybridized carbons (Fsp3) is 1.00. The first-order valence-corrected chi connectivity index (χ1v) is 3.30. The van der Waals surface area contributed by atoms with Gasteiger partial charge in [0.25, 0.3) is 0 Å². The fourth-order valence-electron chi connectivity index (χ4n) is 0.686. The van der Waals surface area contributed by atoms with Gasteiger partial charge in [-0.3, -0.25) is 5.84 Å². The van der Waals surface area contributed by atoms with Crippen molar-refractivity contribution in [3.63, 3.8) is 0 Å². The van der Waals surface area contributed by atoms with Gasteiger partial charge in [-0.25, -0.2) is 5.01 Å². The van der Waals surface area contributed by atoms with Crippen molar-refractivity contribution in [2.75, 3.05) is 13.1 Å². The van der Waals surface area contributed by atoms with Crippen LogP contribution in [-0.2, 0) is 0 Å². The molecule has 0 atom stereocenters. The molecule has 0 bridgehead atoms. The number of hydrazine groups is 1. The lowest BCUT2D eigenvalue weighted by Gasteiger charge is -2.12. The molecule has 4 heteroatoms.